The predicted octanol–water partition coefficient (Wildman–Crippen LogP) is 0.921. The first kappa shape index (κ1) is 14.1. The molecule has 17 heavy (non-hydrogen) atoms. The summed E-state index contributed by atoms with van der Waals surface area (Å²) in [6.07, 6.45) is 5.80. The number of nitrogens with two attached hydrogens (primary N) is 1. The van der Waals surface area contributed by atoms with Gasteiger partial charge in [-0.3, -0.25) is 4.98 Å². The Balaban J connectivity index is 2.31. The summed E-state index contributed by atoms with van der Waals surface area (Å²) in [5.74, 6) is 0. The lowest BCUT2D eigenvalue weighted by Crippen LogP contribution is -2.31. The normalized spacial score (nSPS) is 11.0. The summed E-state index contributed by atoms with van der Waals surface area (Å²) in [5, 5.41) is 0. The van der Waals surface area contributed by atoms with E-state index in [1.807, 2.05) is 12.3 Å². The third kappa shape index (κ3) is 6.36. The zero-order chi connectivity index (χ0) is 12.3. The molecule has 2 N–H and O–H groups in total. The maximum Gasteiger partial charge on any atom is 0.0589 e. The third-order valence-corrected chi connectivity index (χ3v) is 2.73. The molecule has 4 nitrogen and oxygen atoms in total. The Morgan fingerprint density at radius 1 is 1.35 bits per heavy atom. The number of nitrogens with zero attached hydrogens (tertiary/aromatic N) is 2. The molecule has 0 saturated carbocycles. The quantitative estimate of drug-likeness (QED) is 0.694. The molecule has 1 heterocycles. The second kappa shape index (κ2) is 9.10. The number of rotatable bonds is 9. The fraction of sp³-hybridized carbons (Fsp3) is 0.615. The largest absolute Gasteiger partial charge is 0.383 e. The van der Waals surface area contributed by atoms with Gasteiger partial charge in [0, 0.05) is 32.6 Å². The highest BCUT2D eigenvalue weighted by Crippen LogP contribution is 2.00. The van der Waals surface area contributed by atoms with Gasteiger partial charge in [-0.25, -0.2) is 0 Å². The number of hydrogen-bond donors (Lipinski definition) is 1. The van der Waals surface area contributed by atoms with E-state index in [0.29, 0.717) is 0 Å². The van der Waals surface area contributed by atoms with Crippen LogP contribution in [0.4, 0.5) is 0 Å². The van der Waals surface area contributed by atoms with Crippen LogP contribution in [0, 0.1) is 0 Å². The summed E-state index contributed by atoms with van der Waals surface area (Å²) in [7, 11) is 1.74. The van der Waals surface area contributed by atoms with Crippen molar-refractivity contribution in [2.24, 2.45) is 5.73 Å². The van der Waals surface area contributed by atoms with E-state index in [4.69, 9.17) is 10.5 Å². The van der Waals surface area contributed by atoms with E-state index < -0.39 is 0 Å². The number of hydrogen-bond acceptors (Lipinski definition) is 4. The van der Waals surface area contributed by atoms with Crippen LogP contribution in [0.25, 0.3) is 0 Å². The number of methoxy groups -OCH3 is 1. The van der Waals surface area contributed by atoms with Crippen molar-refractivity contribution in [2.75, 3.05) is 39.9 Å². The van der Waals surface area contributed by atoms with Crippen molar-refractivity contribution in [3.05, 3.63) is 30.1 Å². The molecule has 1 rings (SSSR count). The van der Waals surface area contributed by atoms with Gasteiger partial charge in [-0.1, -0.05) is 6.07 Å². The third-order valence-electron chi connectivity index (χ3n) is 2.73. The van der Waals surface area contributed by atoms with E-state index >= 15 is 0 Å². The second-order valence-corrected chi connectivity index (χ2v) is 4.09. The molecular weight excluding hydrogens is 214 g/mol. The maximum atomic E-state index is 5.54. The van der Waals surface area contributed by atoms with Gasteiger partial charge in [-0.2, -0.15) is 0 Å². The molecule has 1 aromatic rings. The molecular formula is C13H23N3O. The van der Waals surface area contributed by atoms with Gasteiger partial charge in [0.1, 0.15) is 0 Å². The summed E-state index contributed by atoms with van der Waals surface area (Å²) in [5.41, 5.74) is 6.83. The van der Waals surface area contributed by atoms with Gasteiger partial charge < -0.3 is 15.4 Å². The highest BCUT2D eigenvalue weighted by Gasteiger charge is 2.04. The number of pyridine rings is 1. The first-order valence-electron chi connectivity index (χ1n) is 6.17. The fourth-order valence-corrected chi connectivity index (χ4v) is 1.70. The van der Waals surface area contributed by atoms with E-state index in [-0.39, 0.29) is 0 Å². The molecule has 0 fully saturated rings. The lowest BCUT2D eigenvalue weighted by molar-refractivity contribution is 0.148. The fourth-order valence-electron chi connectivity index (χ4n) is 1.70. The van der Waals surface area contributed by atoms with Crippen LogP contribution in [0.3, 0.4) is 0 Å². The van der Waals surface area contributed by atoms with Gasteiger partial charge in [0.15, 0.2) is 0 Å². The molecule has 0 aliphatic carbocycles. The van der Waals surface area contributed by atoms with E-state index in [2.05, 4.69) is 16.0 Å². The molecule has 0 radical (unpaired) electrons. The SMILES string of the molecule is COCCN(CCCN)CCc1cccnc1. The standard InChI is InChI=1S/C13H23N3O/c1-17-11-10-16(8-3-6-14)9-5-13-4-2-7-15-12-13/h2,4,7,12H,3,5-6,8-11,14H2,1H3. The summed E-state index contributed by atoms with van der Waals surface area (Å²) in [4.78, 5) is 6.52. The Morgan fingerprint density at radius 3 is 2.88 bits per heavy atom. The van der Waals surface area contributed by atoms with Crippen LogP contribution >= 0.6 is 0 Å². The smallest absolute Gasteiger partial charge is 0.0589 e. The van der Waals surface area contributed by atoms with Crippen LogP contribution in [-0.2, 0) is 11.2 Å². The molecule has 0 spiro atoms. The van der Waals surface area contributed by atoms with Gasteiger partial charge in [-0.05, 0) is 37.6 Å². The minimum absolute atomic E-state index is 0.746. The van der Waals surface area contributed by atoms with Crippen molar-refractivity contribution in [1.29, 1.82) is 0 Å². The van der Waals surface area contributed by atoms with Crippen molar-refractivity contribution in [3.63, 3.8) is 0 Å². The molecule has 1 aromatic heterocycles. The molecule has 0 amide bonds. The molecule has 0 aliphatic heterocycles. The molecule has 96 valence electrons. The van der Waals surface area contributed by atoms with Crippen LogP contribution in [0.2, 0.25) is 0 Å². The van der Waals surface area contributed by atoms with Gasteiger partial charge in [0.25, 0.3) is 0 Å². The van der Waals surface area contributed by atoms with Crippen molar-refractivity contribution in [3.8, 4) is 0 Å². The van der Waals surface area contributed by atoms with Crippen LogP contribution in [0.15, 0.2) is 24.5 Å². The van der Waals surface area contributed by atoms with Gasteiger partial charge in [0.05, 0.1) is 6.61 Å². The Bertz CT molecular complexity index is 271. The molecule has 4 heteroatoms. The molecule has 0 bridgehead atoms. The highest BCUT2D eigenvalue weighted by atomic mass is 16.5. The molecule has 0 saturated heterocycles. The average molecular weight is 237 g/mol. The van der Waals surface area contributed by atoms with Crippen LogP contribution in [-0.4, -0.2) is 49.8 Å². The van der Waals surface area contributed by atoms with Gasteiger partial charge in [-0.15, -0.1) is 0 Å². The minimum atomic E-state index is 0.746. The molecule has 0 unspecified atom stereocenters. The molecule has 0 atom stereocenters. The van der Waals surface area contributed by atoms with Gasteiger partial charge >= 0.3 is 0 Å². The van der Waals surface area contributed by atoms with Crippen LogP contribution in [0.1, 0.15) is 12.0 Å². The maximum absolute atomic E-state index is 5.54. The first-order valence-corrected chi connectivity index (χ1v) is 6.17. The van der Waals surface area contributed by atoms with Crippen LogP contribution in [0.5, 0.6) is 0 Å². The highest BCUT2D eigenvalue weighted by molar-refractivity contribution is 5.08. The number of ether oxygens (including phenoxy) is 1. The van der Waals surface area contributed by atoms with E-state index in [9.17, 15) is 0 Å². The lowest BCUT2D eigenvalue weighted by atomic mass is 10.2. The molecule has 0 aromatic carbocycles. The van der Waals surface area contributed by atoms with E-state index in [1.54, 1.807) is 13.3 Å². The van der Waals surface area contributed by atoms with Crippen molar-refractivity contribution < 1.29 is 4.74 Å². The predicted molar refractivity (Wildman–Crippen MR) is 69.9 cm³/mol. The summed E-state index contributed by atoms with van der Waals surface area (Å²) in [6, 6.07) is 4.10. The lowest BCUT2D eigenvalue weighted by Gasteiger charge is -2.21. The van der Waals surface area contributed by atoms with Crippen molar-refractivity contribution in [2.45, 2.75) is 12.8 Å². The summed E-state index contributed by atoms with van der Waals surface area (Å²) < 4.78 is 5.12. The van der Waals surface area contributed by atoms with Crippen molar-refractivity contribution >= 4 is 0 Å². The monoisotopic (exact) mass is 237 g/mol. The second-order valence-electron chi connectivity index (χ2n) is 4.09. The van der Waals surface area contributed by atoms with Crippen molar-refractivity contribution in [1.82, 2.24) is 9.88 Å². The Morgan fingerprint density at radius 2 is 2.24 bits per heavy atom. The van der Waals surface area contributed by atoms with Crippen LogP contribution < -0.4 is 5.73 Å². The minimum Gasteiger partial charge on any atom is -0.383 e. The van der Waals surface area contributed by atoms with Gasteiger partial charge in [0.2, 0.25) is 0 Å². The Kier molecular flexibility index (Phi) is 7.54. The zero-order valence-corrected chi connectivity index (χ0v) is 10.6. The Labute approximate surface area is 104 Å². The topological polar surface area (TPSA) is 51.4 Å². The Hall–Kier alpha value is -0.970. The zero-order valence-electron chi connectivity index (χ0n) is 10.6. The first-order chi connectivity index (χ1) is 8.36. The summed E-state index contributed by atoms with van der Waals surface area (Å²) in [6.45, 7) is 4.57. The van der Waals surface area contributed by atoms with E-state index in [1.165, 1.54) is 5.56 Å². The number of aromatic nitrogens is 1. The summed E-state index contributed by atoms with van der Waals surface area (Å²) >= 11 is 0. The average Bonchev–Trinajstić information content (AvgIpc) is 2.39. The van der Waals surface area contributed by atoms with E-state index in [0.717, 1.165) is 45.6 Å². The molecule has 0 aliphatic rings.